The highest BCUT2D eigenvalue weighted by Gasteiger charge is 2.04. The second-order valence-corrected chi connectivity index (χ2v) is 4.46. The van der Waals surface area contributed by atoms with Gasteiger partial charge in [0.1, 0.15) is 11.5 Å². The van der Waals surface area contributed by atoms with E-state index in [0.29, 0.717) is 16.5 Å². The number of rotatable bonds is 5. The third kappa shape index (κ3) is 4.17. The number of hydrogen-bond donors (Lipinski definition) is 1. The summed E-state index contributed by atoms with van der Waals surface area (Å²) in [6.45, 7) is -0.0770. The summed E-state index contributed by atoms with van der Waals surface area (Å²) >= 11 is 5.83. The number of methoxy groups -OCH3 is 1. The molecule has 20 heavy (non-hydrogen) atoms. The molecule has 104 valence electrons. The van der Waals surface area contributed by atoms with Crippen LogP contribution >= 0.6 is 11.6 Å². The topological polar surface area (TPSA) is 47.6 Å². The van der Waals surface area contributed by atoms with Gasteiger partial charge in [0.25, 0.3) is 5.91 Å². The minimum Gasteiger partial charge on any atom is -0.497 e. The Morgan fingerprint density at radius 2 is 1.90 bits per heavy atom. The zero-order chi connectivity index (χ0) is 14.4. The number of carbonyl (C=O) groups is 1. The lowest BCUT2D eigenvalue weighted by Crippen LogP contribution is -2.20. The van der Waals surface area contributed by atoms with Gasteiger partial charge < -0.3 is 14.8 Å². The Morgan fingerprint density at radius 3 is 2.55 bits per heavy atom. The monoisotopic (exact) mass is 291 g/mol. The fourth-order valence-electron chi connectivity index (χ4n) is 1.58. The molecule has 0 aliphatic carbocycles. The summed E-state index contributed by atoms with van der Waals surface area (Å²) in [4.78, 5) is 11.7. The van der Waals surface area contributed by atoms with Gasteiger partial charge in [-0.3, -0.25) is 4.79 Å². The SMILES string of the molecule is COc1ccc(NC(=O)COc2cccc(Cl)c2)cc1. The van der Waals surface area contributed by atoms with Gasteiger partial charge in [0, 0.05) is 10.7 Å². The first-order valence-corrected chi connectivity index (χ1v) is 6.37. The van der Waals surface area contributed by atoms with Gasteiger partial charge in [-0.15, -0.1) is 0 Å². The third-order valence-electron chi connectivity index (χ3n) is 2.54. The highest BCUT2D eigenvalue weighted by atomic mass is 35.5. The second kappa shape index (κ2) is 6.82. The van der Waals surface area contributed by atoms with Gasteiger partial charge in [-0.05, 0) is 42.5 Å². The first-order chi connectivity index (χ1) is 9.67. The van der Waals surface area contributed by atoms with Crippen LogP contribution < -0.4 is 14.8 Å². The Bertz CT molecular complexity index is 584. The maximum Gasteiger partial charge on any atom is 0.262 e. The van der Waals surface area contributed by atoms with Crippen molar-refractivity contribution in [1.29, 1.82) is 0 Å². The van der Waals surface area contributed by atoms with Gasteiger partial charge in [0.15, 0.2) is 6.61 Å². The molecule has 2 aromatic rings. The number of amides is 1. The molecule has 1 N–H and O–H groups in total. The maximum absolute atomic E-state index is 11.7. The molecule has 0 aromatic heterocycles. The van der Waals surface area contributed by atoms with Crippen molar-refractivity contribution in [3.8, 4) is 11.5 Å². The normalized spacial score (nSPS) is 9.90. The van der Waals surface area contributed by atoms with E-state index in [1.807, 2.05) is 0 Å². The molecule has 0 spiro atoms. The molecule has 2 aromatic carbocycles. The first-order valence-electron chi connectivity index (χ1n) is 5.99. The number of ether oxygens (including phenoxy) is 2. The van der Waals surface area contributed by atoms with Gasteiger partial charge in [-0.1, -0.05) is 17.7 Å². The van der Waals surface area contributed by atoms with Crippen molar-refractivity contribution >= 4 is 23.2 Å². The largest absolute Gasteiger partial charge is 0.497 e. The highest BCUT2D eigenvalue weighted by molar-refractivity contribution is 6.30. The fraction of sp³-hybridized carbons (Fsp3) is 0.133. The van der Waals surface area contributed by atoms with E-state index >= 15 is 0 Å². The lowest BCUT2D eigenvalue weighted by atomic mass is 10.3. The van der Waals surface area contributed by atoms with Gasteiger partial charge >= 0.3 is 0 Å². The van der Waals surface area contributed by atoms with E-state index in [1.54, 1.807) is 55.6 Å². The molecule has 0 aliphatic rings. The van der Waals surface area contributed by atoms with Crippen molar-refractivity contribution in [3.05, 3.63) is 53.6 Å². The van der Waals surface area contributed by atoms with Crippen LogP contribution in [0.2, 0.25) is 5.02 Å². The lowest BCUT2D eigenvalue weighted by Gasteiger charge is -2.08. The van der Waals surface area contributed by atoms with Gasteiger partial charge in [-0.25, -0.2) is 0 Å². The van der Waals surface area contributed by atoms with Gasteiger partial charge in [-0.2, -0.15) is 0 Å². The summed E-state index contributed by atoms with van der Waals surface area (Å²) < 4.78 is 10.4. The molecule has 1 amide bonds. The molecule has 0 aliphatic heterocycles. The zero-order valence-electron chi connectivity index (χ0n) is 10.9. The van der Waals surface area contributed by atoms with Crippen molar-refractivity contribution in [2.75, 3.05) is 19.0 Å². The van der Waals surface area contributed by atoms with Crippen LogP contribution in [0.1, 0.15) is 0 Å². The average Bonchev–Trinajstić information content (AvgIpc) is 2.46. The minimum absolute atomic E-state index is 0.0770. The van der Waals surface area contributed by atoms with E-state index in [1.165, 1.54) is 0 Å². The molecule has 0 saturated heterocycles. The van der Waals surface area contributed by atoms with Crippen LogP contribution in [0.25, 0.3) is 0 Å². The molecular weight excluding hydrogens is 278 g/mol. The quantitative estimate of drug-likeness (QED) is 0.919. The predicted molar refractivity (Wildman–Crippen MR) is 78.6 cm³/mol. The van der Waals surface area contributed by atoms with Crippen LogP contribution in [0.4, 0.5) is 5.69 Å². The molecule has 0 unspecified atom stereocenters. The highest BCUT2D eigenvalue weighted by Crippen LogP contribution is 2.17. The molecule has 2 rings (SSSR count). The second-order valence-electron chi connectivity index (χ2n) is 4.02. The van der Waals surface area contributed by atoms with Crippen molar-refractivity contribution in [2.45, 2.75) is 0 Å². The summed E-state index contributed by atoms with van der Waals surface area (Å²) in [6.07, 6.45) is 0. The molecule has 0 bridgehead atoms. The van der Waals surface area contributed by atoms with Crippen LogP contribution in [-0.4, -0.2) is 19.6 Å². The van der Waals surface area contributed by atoms with Crippen LogP contribution in [-0.2, 0) is 4.79 Å². The van der Waals surface area contributed by atoms with Crippen LogP contribution in [0.3, 0.4) is 0 Å². The van der Waals surface area contributed by atoms with Crippen molar-refractivity contribution < 1.29 is 14.3 Å². The van der Waals surface area contributed by atoms with E-state index in [0.717, 1.165) is 5.75 Å². The Labute approximate surface area is 122 Å². The van der Waals surface area contributed by atoms with Crippen LogP contribution in [0, 0.1) is 0 Å². The number of anilines is 1. The van der Waals surface area contributed by atoms with E-state index in [9.17, 15) is 4.79 Å². The fourth-order valence-corrected chi connectivity index (χ4v) is 1.76. The lowest BCUT2D eigenvalue weighted by molar-refractivity contribution is -0.118. The Kier molecular flexibility index (Phi) is 4.85. The van der Waals surface area contributed by atoms with Crippen molar-refractivity contribution in [3.63, 3.8) is 0 Å². The Hall–Kier alpha value is -2.20. The first kappa shape index (κ1) is 14.2. The van der Waals surface area contributed by atoms with E-state index in [-0.39, 0.29) is 12.5 Å². The van der Waals surface area contributed by atoms with Gasteiger partial charge in [0.2, 0.25) is 0 Å². The smallest absolute Gasteiger partial charge is 0.262 e. The third-order valence-corrected chi connectivity index (χ3v) is 2.77. The summed E-state index contributed by atoms with van der Waals surface area (Å²) in [7, 11) is 1.59. The summed E-state index contributed by atoms with van der Waals surface area (Å²) in [5.41, 5.74) is 0.686. The molecule has 5 heteroatoms. The molecule has 0 saturated carbocycles. The number of benzene rings is 2. The van der Waals surface area contributed by atoms with Crippen molar-refractivity contribution in [1.82, 2.24) is 0 Å². The molecular formula is C15H14ClNO3. The molecule has 0 atom stereocenters. The summed E-state index contributed by atoms with van der Waals surface area (Å²) in [5, 5.41) is 3.29. The van der Waals surface area contributed by atoms with E-state index in [4.69, 9.17) is 21.1 Å². The van der Waals surface area contributed by atoms with Crippen molar-refractivity contribution in [2.24, 2.45) is 0 Å². The average molecular weight is 292 g/mol. The standard InChI is InChI=1S/C15H14ClNO3/c1-19-13-7-5-12(6-8-13)17-15(18)10-20-14-4-2-3-11(16)9-14/h2-9H,10H2,1H3,(H,17,18). The number of carbonyl (C=O) groups excluding carboxylic acids is 1. The number of halogens is 1. The maximum atomic E-state index is 11.7. The van der Waals surface area contributed by atoms with Gasteiger partial charge in [0.05, 0.1) is 7.11 Å². The van der Waals surface area contributed by atoms with E-state index < -0.39 is 0 Å². The van der Waals surface area contributed by atoms with E-state index in [2.05, 4.69) is 5.32 Å². The molecule has 0 radical (unpaired) electrons. The summed E-state index contributed by atoms with van der Waals surface area (Å²) in [5.74, 6) is 1.05. The Balaban J connectivity index is 1.85. The predicted octanol–water partition coefficient (Wildman–Crippen LogP) is 3.37. The van der Waals surface area contributed by atoms with Crippen LogP contribution in [0.15, 0.2) is 48.5 Å². The molecule has 0 fully saturated rings. The minimum atomic E-state index is -0.241. The molecule has 4 nitrogen and oxygen atoms in total. The Morgan fingerprint density at radius 1 is 1.15 bits per heavy atom. The number of hydrogen-bond acceptors (Lipinski definition) is 3. The number of nitrogens with one attached hydrogen (secondary N) is 1. The van der Waals surface area contributed by atoms with Crippen LogP contribution in [0.5, 0.6) is 11.5 Å². The molecule has 0 heterocycles. The summed E-state index contributed by atoms with van der Waals surface area (Å²) in [6, 6.07) is 14.0. The zero-order valence-corrected chi connectivity index (χ0v) is 11.7.